The minimum absolute atomic E-state index is 0.0607. The van der Waals surface area contributed by atoms with E-state index < -0.39 is 5.97 Å². The number of carboxylic acids is 1. The van der Waals surface area contributed by atoms with Crippen LogP contribution < -0.4 is 5.32 Å². The summed E-state index contributed by atoms with van der Waals surface area (Å²) in [7, 11) is 1.61. The monoisotopic (exact) mass is 303 g/mol. The van der Waals surface area contributed by atoms with Crippen LogP contribution in [-0.2, 0) is 4.74 Å². The van der Waals surface area contributed by atoms with E-state index in [2.05, 4.69) is 10.4 Å². The molecule has 1 atom stereocenters. The molecule has 1 aromatic heterocycles. The lowest BCUT2D eigenvalue weighted by Crippen LogP contribution is -2.15. The number of aromatic nitrogens is 2. The molecule has 2 N–H and O–H groups in total. The molecule has 2 rings (SSSR count). The van der Waals surface area contributed by atoms with Crippen LogP contribution in [0.15, 0.2) is 36.5 Å². The zero-order valence-electron chi connectivity index (χ0n) is 12.3. The van der Waals surface area contributed by atoms with Crippen molar-refractivity contribution >= 4 is 17.7 Å². The van der Waals surface area contributed by atoms with Gasteiger partial charge in [0.1, 0.15) is 0 Å². The molecule has 1 heterocycles. The number of rotatable bonds is 6. The molecule has 7 nitrogen and oxygen atoms in total. The van der Waals surface area contributed by atoms with E-state index in [1.807, 2.05) is 6.92 Å². The number of ether oxygens (including phenoxy) is 1. The normalized spacial score (nSPS) is 11.9. The standard InChI is InChI=1S/C15H17N3O4/c1-10(9-22-2)18-8-7-13(17-18)16-14(19)11-3-5-12(6-4-11)15(20)21/h3-8,10H,9H2,1-2H3,(H,20,21)(H,16,17,19). The molecule has 116 valence electrons. The minimum Gasteiger partial charge on any atom is -0.478 e. The number of carbonyl (C=O) groups is 2. The summed E-state index contributed by atoms with van der Waals surface area (Å²) in [5, 5.41) is 15.7. The van der Waals surface area contributed by atoms with Crippen molar-refractivity contribution in [1.82, 2.24) is 9.78 Å². The zero-order chi connectivity index (χ0) is 16.1. The van der Waals surface area contributed by atoms with Crippen LogP contribution in [0.1, 0.15) is 33.7 Å². The fourth-order valence-electron chi connectivity index (χ4n) is 1.92. The quantitative estimate of drug-likeness (QED) is 0.851. The highest BCUT2D eigenvalue weighted by atomic mass is 16.5. The van der Waals surface area contributed by atoms with Gasteiger partial charge in [-0.05, 0) is 31.2 Å². The fourth-order valence-corrected chi connectivity index (χ4v) is 1.92. The van der Waals surface area contributed by atoms with Crippen molar-refractivity contribution in [3.63, 3.8) is 0 Å². The highest BCUT2D eigenvalue weighted by Gasteiger charge is 2.11. The van der Waals surface area contributed by atoms with Crippen LogP contribution >= 0.6 is 0 Å². The van der Waals surface area contributed by atoms with Crippen molar-refractivity contribution in [2.45, 2.75) is 13.0 Å². The molecule has 0 aliphatic heterocycles. The summed E-state index contributed by atoms with van der Waals surface area (Å²) < 4.78 is 6.75. The second-order valence-corrected chi connectivity index (χ2v) is 4.82. The Balaban J connectivity index is 2.04. The number of carboxylic acid groups (broad SMARTS) is 1. The lowest BCUT2D eigenvalue weighted by molar-refractivity contribution is 0.0696. The average Bonchev–Trinajstić information content (AvgIpc) is 2.96. The third-order valence-electron chi connectivity index (χ3n) is 3.10. The van der Waals surface area contributed by atoms with E-state index in [0.717, 1.165) is 0 Å². The van der Waals surface area contributed by atoms with Crippen LogP contribution in [0.2, 0.25) is 0 Å². The van der Waals surface area contributed by atoms with Gasteiger partial charge in [0.25, 0.3) is 5.91 Å². The minimum atomic E-state index is -1.03. The van der Waals surface area contributed by atoms with Crippen molar-refractivity contribution < 1.29 is 19.4 Å². The number of carbonyl (C=O) groups excluding carboxylic acids is 1. The topological polar surface area (TPSA) is 93.5 Å². The van der Waals surface area contributed by atoms with Gasteiger partial charge in [-0.15, -0.1) is 0 Å². The van der Waals surface area contributed by atoms with Crippen LogP contribution in [0.4, 0.5) is 5.82 Å². The lowest BCUT2D eigenvalue weighted by Gasteiger charge is -2.10. The summed E-state index contributed by atoms with van der Waals surface area (Å²) >= 11 is 0. The third kappa shape index (κ3) is 3.70. The number of hydrogen-bond donors (Lipinski definition) is 2. The number of amides is 1. The summed E-state index contributed by atoms with van der Waals surface area (Å²) in [6.07, 6.45) is 1.76. The molecule has 0 fully saturated rings. The maximum absolute atomic E-state index is 12.1. The van der Waals surface area contributed by atoms with Gasteiger partial charge in [-0.2, -0.15) is 5.10 Å². The fraction of sp³-hybridized carbons (Fsp3) is 0.267. The molecular formula is C15H17N3O4. The van der Waals surface area contributed by atoms with E-state index in [1.165, 1.54) is 24.3 Å². The van der Waals surface area contributed by atoms with Crippen molar-refractivity contribution in [2.24, 2.45) is 0 Å². The molecule has 0 saturated heterocycles. The Kier molecular flexibility index (Phi) is 4.90. The van der Waals surface area contributed by atoms with Crippen LogP contribution in [-0.4, -0.2) is 40.5 Å². The van der Waals surface area contributed by atoms with Crippen LogP contribution in [0.5, 0.6) is 0 Å². The van der Waals surface area contributed by atoms with Crippen molar-refractivity contribution in [3.8, 4) is 0 Å². The molecular weight excluding hydrogens is 286 g/mol. The second-order valence-electron chi connectivity index (χ2n) is 4.82. The van der Waals surface area contributed by atoms with Gasteiger partial charge in [0, 0.05) is 24.9 Å². The number of methoxy groups -OCH3 is 1. The highest BCUT2D eigenvalue weighted by molar-refractivity contribution is 6.04. The maximum atomic E-state index is 12.1. The van der Waals surface area contributed by atoms with Gasteiger partial charge in [0.05, 0.1) is 18.2 Å². The molecule has 0 aliphatic carbocycles. The van der Waals surface area contributed by atoms with Crippen LogP contribution in [0.25, 0.3) is 0 Å². The van der Waals surface area contributed by atoms with Crippen LogP contribution in [0.3, 0.4) is 0 Å². The second kappa shape index (κ2) is 6.86. The maximum Gasteiger partial charge on any atom is 0.335 e. The predicted molar refractivity (Wildman–Crippen MR) is 80.2 cm³/mol. The molecule has 0 radical (unpaired) electrons. The van der Waals surface area contributed by atoms with Crippen molar-refractivity contribution in [1.29, 1.82) is 0 Å². The van der Waals surface area contributed by atoms with Gasteiger partial charge in [-0.25, -0.2) is 4.79 Å². The first-order valence-corrected chi connectivity index (χ1v) is 6.70. The number of anilines is 1. The molecule has 22 heavy (non-hydrogen) atoms. The van der Waals surface area contributed by atoms with E-state index in [-0.39, 0.29) is 17.5 Å². The summed E-state index contributed by atoms with van der Waals surface area (Å²) in [4.78, 5) is 22.8. The molecule has 1 aromatic carbocycles. The number of aromatic carboxylic acids is 1. The molecule has 0 spiro atoms. The summed E-state index contributed by atoms with van der Waals surface area (Å²) in [6.45, 7) is 2.47. The van der Waals surface area contributed by atoms with E-state index in [1.54, 1.807) is 24.1 Å². The van der Waals surface area contributed by atoms with Gasteiger partial charge < -0.3 is 15.2 Å². The Hall–Kier alpha value is -2.67. The number of benzene rings is 1. The first-order chi connectivity index (χ1) is 10.5. The van der Waals surface area contributed by atoms with Gasteiger partial charge in [-0.1, -0.05) is 0 Å². The van der Waals surface area contributed by atoms with E-state index in [0.29, 0.717) is 18.0 Å². The Labute approximate surface area is 127 Å². The Morgan fingerprint density at radius 2 is 1.91 bits per heavy atom. The average molecular weight is 303 g/mol. The molecule has 0 bridgehead atoms. The third-order valence-corrected chi connectivity index (χ3v) is 3.10. The SMILES string of the molecule is COCC(C)n1ccc(NC(=O)c2ccc(C(=O)O)cc2)n1. The molecule has 2 aromatic rings. The zero-order valence-corrected chi connectivity index (χ0v) is 12.3. The lowest BCUT2D eigenvalue weighted by atomic mass is 10.1. The predicted octanol–water partition coefficient (Wildman–Crippen LogP) is 2.04. The Bertz CT molecular complexity index is 664. The van der Waals surface area contributed by atoms with Crippen molar-refractivity contribution in [2.75, 3.05) is 19.0 Å². The summed E-state index contributed by atoms with van der Waals surface area (Å²) in [5.41, 5.74) is 0.499. The first-order valence-electron chi connectivity index (χ1n) is 6.70. The van der Waals surface area contributed by atoms with E-state index in [4.69, 9.17) is 9.84 Å². The van der Waals surface area contributed by atoms with E-state index >= 15 is 0 Å². The summed E-state index contributed by atoms with van der Waals surface area (Å²) in [5.74, 6) is -0.949. The number of nitrogens with zero attached hydrogens (tertiary/aromatic N) is 2. The highest BCUT2D eigenvalue weighted by Crippen LogP contribution is 2.11. The number of nitrogens with one attached hydrogen (secondary N) is 1. The molecule has 7 heteroatoms. The van der Waals surface area contributed by atoms with Gasteiger partial charge >= 0.3 is 5.97 Å². The van der Waals surface area contributed by atoms with E-state index in [9.17, 15) is 9.59 Å². The van der Waals surface area contributed by atoms with Gasteiger partial charge in [-0.3, -0.25) is 9.48 Å². The Morgan fingerprint density at radius 1 is 1.27 bits per heavy atom. The Morgan fingerprint density at radius 3 is 2.50 bits per heavy atom. The number of hydrogen-bond acceptors (Lipinski definition) is 4. The molecule has 1 unspecified atom stereocenters. The first kappa shape index (κ1) is 15.7. The van der Waals surface area contributed by atoms with Crippen molar-refractivity contribution in [3.05, 3.63) is 47.7 Å². The molecule has 0 saturated carbocycles. The van der Waals surface area contributed by atoms with Crippen LogP contribution in [0, 0.1) is 0 Å². The molecule has 0 aliphatic rings. The smallest absolute Gasteiger partial charge is 0.335 e. The van der Waals surface area contributed by atoms with Gasteiger partial charge in [0.2, 0.25) is 0 Å². The molecule has 1 amide bonds. The summed E-state index contributed by atoms with van der Waals surface area (Å²) in [6, 6.07) is 7.44. The largest absolute Gasteiger partial charge is 0.478 e. The van der Waals surface area contributed by atoms with Gasteiger partial charge in [0.15, 0.2) is 5.82 Å².